The quantitative estimate of drug-likeness (QED) is 0.368. The Hall–Kier alpha value is -2.37. The number of amides is 1. The summed E-state index contributed by atoms with van der Waals surface area (Å²) in [5, 5.41) is 14.2. The molecule has 2 aromatic carbocycles. The van der Waals surface area contributed by atoms with Crippen LogP contribution in [0, 0.1) is 17.2 Å². The highest BCUT2D eigenvalue weighted by Gasteiger charge is 2.44. The van der Waals surface area contributed by atoms with Crippen LogP contribution in [0.5, 0.6) is 5.75 Å². The summed E-state index contributed by atoms with van der Waals surface area (Å²) < 4.78 is 10.3. The second kappa shape index (κ2) is 11.2. The summed E-state index contributed by atoms with van der Waals surface area (Å²) in [6.07, 6.45) is 0. The third kappa shape index (κ3) is 5.59. The highest BCUT2D eigenvalue weighted by atomic mass is 35.5. The zero-order chi connectivity index (χ0) is 24.1. The smallest absolute Gasteiger partial charge is 0.319 e. The Bertz CT molecular complexity index is 1160. The number of hydrogen-bond acceptors (Lipinski definition) is 6. The van der Waals surface area contributed by atoms with E-state index in [2.05, 4.69) is 11.4 Å². The first-order chi connectivity index (χ1) is 15.8. The zero-order valence-corrected chi connectivity index (χ0v) is 20.7. The predicted molar refractivity (Wildman–Crippen MR) is 129 cm³/mol. The van der Waals surface area contributed by atoms with Gasteiger partial charge in [-0.05, 0) is 42.3 Å². The summed E-state index contributed by atoms with van der Waals surface area (Å²) in [4.78, 5) is 25.5. The Morgan fingerprint density at radius 1 is 1.15 bits per heavy atom. The molecule has 0 aromatic heterocycles. The molecule has 0 fully saturated rings. The van der Waals surface area contributed by atoms with Crippen LogP contribution in [0.2, 0.25) is 15.1 Å². The molecule has 10 heteroatoms. The molecule has 0 saturated carbocycles. The van der Waals surface area contributed by atoms with E-state index in [1.54, 1.807) is 36.4 Å². The van der Waals surface area contributed by atoms with Crippen molar-refractivity contribution in [1.82, 2.24) is 5.32 Å². The van der Waals surface area contributed by atoms with Crippen molar-refractivity contribution in [1.29, 1.82) is 5.26 Å². The van der Waals surface area contributed by atoms with E-state index in [4.69, 9.17) is 44.3 Å². The van der Waals surface area contributed by atoms with Crippen LogP contribution in [0.4, 0.5) is 0 Å². The number of nitriles is 1. The van der Waals surface area contributed by atoms with E-state index in [9.17, 15) is 14.9 Å². The standard InChI is InChI=1S/C23H19Cl3N2O4S/c1-3-32-18-7-5-13(9-17(18)26)19-14(10-27)22(28-21(29)20(19)23(30)31-2)33-11-12-4-6-15(24)16(25)8-12/h4-9,19-20H,3,11H2,1-2H3,(H,28,29)/t19-,20-/m0/s1. The Morgan fingerprint density at radius 3 is 2.52 bits per heavy atom. The summed E-state index contributed by atoms with van der Waals surface area (Å²) in [6, 6.07) is 12.3. The number of hydrogen-bond donors (Lipinski definition) is 1. The van der Waals surface area contributed by atoms with Crippen LogP contribution >= 0.6 is 46.6 Å². The van der Waals surface area contributed by atoms with E-state index in [1.165, 1.54) is 18.9 Å². The van der Waals surface area contributed by atoms with Crippen molar-refractivity contribution < 1.29 is 19.1 Å². The number of esters is 1. The van der Waals surface area contributed by atoms with Gasteiger partial charge < -0.3 is 14.8 Å². The normalized spacial score (nSPS) is 17.9. The molecule has 172 valence electrons. The number of carbonyl (C=O) groups is 2. The van der Waals surface area contributed by atoms with Gasteiger partial charge >= 0.3 is 5.97 Å². The van der Waals surface area contributed by atoms with Gasteiger partial charge in [-0.3, -0.25) is 9.59 Å². The van der Waals surface area contributed by atoms with Gasteiger partial charge in [0.2, 0.25) is 5.91 Å². The highest BCUT2D eigenvalue weighted by molar-refractivity contribution is 8.02. The predicted octanol–water partition coefficient (Wildman–Crippen LogP) is 5.72. The summed E-state index contributed by atoms with van der Waals surface area (Å²) in [7, 11) is 1.20. The molecule has 2 atom stereocenters. The molecule has 1 heterocycles. The van der Waals surface area contributed by atoms with Crippen LogP contribution in [-0.4, -0.2) is 25.6 Å². The molecule has 0 aliphatic carbocycles. The number of carbonyl (C=O) groups excluding carboxylic acids is 2. The summed E-state index contributed by atoms with van der Waals surface area (Å²) >= 11 is 19.7. The molecule has 0 unspecified atom stereocenters. The minimum absolute atomic E-state index is 0.232. The fourth-order valence-electron chi connectivity index (χ4n) is 3.45. The maximum Gasteiger partial charge on any atom is 0.319 e. The first-order valence-corrected chi connectivity index (χ1v) is 11.9. The Morgan fingerprint density at radius 2 is 1.91 bits per heavy atom. The van der Waals surface area contributed by atoms with E-state index < -0.39 is 23.7 Å². The third-order valence-electron chi connectivity index (χ3n) is 4.97. The van der Waals surface area contributed by atoms with Gasteiger partial charge in [-0.15, -0.1) is 11.8 Å². The Balaban J connectivity index is 2.03. The molecule has 6 nitrogen and oxygen atoms in total. The lowest BCUT2D eigenvalue weighted by atomic mass is 9.78. The van der Waals surface area contributed by atoms with Crippen LogP contribution in [0.15, 0.2) is 47.0 Å². The molecule has 3 rings (SSSR count). The highest BCUT2D eigenvalue weighted by Crippen LogP contribution is 2.42. The topological polar surface area (TPSA) is 88.4 Å². The Labute approximate surface area is 210 Å². The zero-order valence-electron chi connectivity index (χ0n) is 17.7. The van der Waals surface area contributed by atoms with Crippen molar-refractivity contribution in [2.75, 3.05) is 13.7 Å². The summed E-state index contributed by atoms with van der Waals surface area (Å²) in [6.45, 7) is 2.26. The molecule has 1 amide bonds. The van der Waals surface area contributed by atoms with Crippen molar-refractivity contribution in [3.8, 4) is 11.8 Å². The third-order valence-corrected chi connectivity index (χ3v) is 7.09. The summed E-state index contributed by atoms with van der Waals surface area (Å²) in [5.41, 5.74) is 1.61. The van der Waals surface area contributed by atoms with Crippen molar-refractivity contribution in [2.24, 2.45) is 5.92 Å². The molecule has 33 heavy (non-hydrogen) atoms. The lowest BCUT2D eigenvalue weighted by Crippen LogP contribution is -2.44. The molecular formula is C23H19Cl3N2O4S. The number of ether oxygens (including phenoxy) is 2. The number of methoxy groups -OCH3 is 1. The first-order valence-electron chi connectivity index (χ1n) is 9.82. The van der Waals surface area contributed by atoms with Crippen LogP contribution in [0.3, 0.4) is 0 Å². The van der Waals surface area contributed by atoms with Gasteiger partial charge in [0.05, 0.1) is 45.5 Å². The fraction of sp³-hybridized carbons (Fsp3) is 0.261. The van der Waals surface area contributed by atoms with Gasteiger partial charge in [0.25, 0.3) is 0 Å². The summed E-state index contributed by atoms with van der Waals surface area (Å²) in [5.74, 6) is -2.54. The lowest BCUT2D eigenvalue weighted by molar-refractivity contribution is -0.150. The monoisotopic (exact) mass is 524 g/mol. The molecule has 2 aromatic rings. The minimum Gasteiger partial charge on any atom is -0.492 e. The maximum absolute atomic E-state index is 12.9. The molecule has 1 aliphatic rings. The number of halogens is 3. The molecule has 0 spiro atoms. The number of thioether (sulfide) groups is 1. The van der Waals surface area contributed by atoms with Gasteiger partial charge in [0.1, 0.15) is 11.7 Å². The van der Waals surface area contributed by atoms with Crippen LogP contribution in [0.1, 0.15) is 24.0 Å². The lowest BCUT2D eigenvalue weighted by Gasteiger charge is -2.31. The Kier molecular flexibility index (Phi) is 8.55. The second-order valence-electron chi connectivity index (χ2n) is 6.98. The van der Waals surface area contributed by atoms with Crippen molar-refractivity contribution in [3.05, 3.63) is 73.2 Å². The number of nitrogens with one attached hydrogen (secondary N) is 1. The average Bonchev–Trinajstić information content (AvgIpc) is 2.80. The van der Waals surface area contributed by atoms with E-state index in [-0.39, 0.29) is 5.57 Å². The van der Waals surface area contributed by atoms with E-state index in [0.717, 1.165) is 5.56 Å². The van der Waals surface area contributed by atoms with Gasteiger partial charge in [-0.25, -0.2) is 0 Å². The largest absolute Gasteiger partial charge is 0.492 e. The average molecular weight is 526 g/mol. The van der Waals surface area contributed by atoms with Crippen LogP contribution in [0.25, 0.3) is 0 Å². The van der Waals surface area contributed by atoms with Gasteiger partial charge in [-0.2, -0.15) is 5.26 Å². The van der Waals surface area contributed by atoms with Crippen molar-refractivity contribution >= 4 is 58.4 Å². The molecule has 1 aliphatic heterocycles. The molecule has 0 saturated heterocycles. The van der Waals surface area contributed by atoms with Crippen molar-refractivity contribution in [2.45, 2.75) is 18.6 Å². The SMILES string of the molecule is CCOc1ccc([C@H]2C(C#N)=C(SCc3ccc(Cl)c(Cl)c3)NC(=O)[C@H]2C(=O)OC)cc1Cl. The van der Waals surface area contributed by atoms with Gasteiger partial charge in [0, 0.05) is 11.7 Å². The van der Waals surface area contributed by atoms with Crippen molar-refractivity contribution in [3.63, 3.8) is 0 Å². The van der Waals surface area contributed by atoms with E-state index in [1.807, 2.05) is 6.92 Å². The number of nitrogens with zero attached hydrogens (tertiary/aromatic N) is 1. The molecular weight excluding hydrogens is 507 g/mol. The first kappa shape index (κ1) is 25.3. The fourth-order valence-corrected chi connectivity index (χ4v) is 5.00. The molecule has 0 bridgehead atoms. The number of allylic oxidation sites excluding steroid dienone is 1. The second-order valence-corrected chi connectivity index (χ2v) is 9.19. The maximum atomic E-state index is 12.9. The van der Waals surface area contributed by atoms with Gasteiger partial charge in [-0.1, -0.05) is 46.9 Å². The molecule has 0 radical (unpaired) electrons. The minimum atomic E-state index is -1.24. The van der Waals surface area contributed by atoms with E-state index >= 15 is 0 Å². The van der Waals surface area contributed by atoms with Gasteiger partial charge in [0.15, 0.2) is 0 Å². The van der Waals surface area contributed by atoms with Crippen LogP contribution < -0.4 is 10.1 Å². The molecule has 1 N–H and O–H groups in total. The number of rotatable bonds is 7. The number of benzene rings is 2. The van der Waals surface area contributed by atoms with Crippen LogP contribution in [-0.2, 0) is 20.1 Å². The van der Waals surface area contributed by atoms with E-state index in [0.29, 0.717) is 43.8 Å².